The Morgan fingerprint density at radius 2 is 1.82 bits per heavy atom. The number of amides is 1. The maximum absolute atomic E-state index is 12.2. The summed E-state index contributed by atoms with van der Waals surface area (Å²) in [5.74, 6) is 0.114. The number of aromatic nitrogens is 3. The second-order valence-electron chi connectivity index (χ2n) is 5.35. The van der Waals surface area contributed by atoms with Crippen LogP contribution in [0, 0.1) is 10.1 Å². The number of halogens is 3. The topological polar surface area (TPSA) is 114 Å². The number of nitrogens with one attached hydrogen (secondary N) is 2. The number of nitrogens with zero attached hydrogens (tertiary/aromatic N) is 3. The van der Waals surface area contributed by atoms with Gasteiger partial charge in [-0.25, -0.2) is 4.98 Å². The van der Waals surface area contributed by atoms with Crippen molar-refractivity contribution in [2.45, 2.75) is 5.16 Å². The van der Waals surface area contributed by atoms with Gasteiger partial charge >= 0.3 is 0 Å². The number of non-ortho nitro benzene ring substituents is 1. The Kier molecular flexibility index (Phi) is 6.40. The van der Waals surface area contributed by atoms with Crippen molar-refractivity contribution < 1.29 is 9.72 Å². The van der Waals surface area contributed by atoms with E-state index in [0.29, 0.717) is 16.0 Å². The van der Waals surface area contributed by atoms with E-state index in [4.69, 9.17) is 34.8 Å². The molecule has 0 fully saturated rings. The number of nitro benzene ring substituents is 1. The van der Waals surface area contributed by atoms with Crippen LogP contribution in [-0.2, 0) is 4.79 Å². The average Bonchev–Trinajstić information content (AvgIpc) is 3.12. The number of rotatable bonds is 6. The number of thioether (sulfide) groups is 1. The van der Waals surface area contributed by atoms with Gasteiger partial charge in [-0.2, -0.15) is 0 Å². The molecule has 2 aromatic carbocycles. The van der Waals surface area contributed by atoms with Crippen LogP contribution in [0.25, 0.3) is 11.4 Å². The van der Waals surface area contributed by atoms with Crippen LogP contribution < -0.4 is 5.32 Å². The molecule has 0 saturated heterocycles. The lowest BCUT2D eigenvalue weighted by molar-refractivity contribution is -0.384. The van der Waals surface area contributed by atoms with Gasteiger partial charge in [-0.05, 0) is 24.3 Å². The highest BCUT2D eigenvalue weighted by atomic mass is 35.5. The summed E-state index contributed by atoms with van der Waals surface area (Å²) in [5, 5.41) is 21.1. The lowest BCUT2D eigenvalue weighted by atomic mass is 10.2. The standard InChI is InChI=1S/C16H10Cl3N5O3S/c17-9-3-1-8(2-4-9)15-21-16(23-22-15)28-7-13(25)20-14-11(18)5-10(24(26)27)6-12(14)19/h1-6H,7H2,(H,20,25)(H,21,22,23). The Hall–Kier alpha value is -2.33. The SMILES string of the molecule is O=C(CSc1n[nH]c(-c2ccc(Cl)cc2)n1)Nc1c(Cl)cc([N+](=O)[O-])cc1Cl. The number of hydrogen-bond donors (Lipinski definition) is 2. The van der Waals surface area contributed by atoms with E-state index in [1.54, 1.807) is 24.3 Å². The molecule has 2 N–H and O–H groups in total. The summed E-state index contributed by atoms with van der Waals surface area (Å²) in [6.45, 7) is 0. The first-order valence-electron chi connectivity index (χ1n) is 7.58. The highest BCUT2D eigenvalue weighted by Crippen LogP contribution is 2.34. The van der Waals surface area contributed by atoms with Gasteiger partial charge in [0.2, 0.25) is 11.1 Å². The molecular weight excluding hydrogens is 449 g/mol. The molecule has 1 aromatic heterocycles. The molecule has 12 heteroatoms. The van der Waals surface area contributed by atoms with Gasteiger partial charge < -0.3 is 5.32 Å². The van der Waals surface area contributed by atoms with Gasteiger partial charge in [-0.1, -0.05) is 46.6 Å². The minimum absolute atomic E-state index is 0.0123. The van der Waals surface area contributed by atoms with Gasteiger partial charge in [0.05, 0.1) is 26.4 Å². The zero-order valence-electron chi connectivity index (χ0n) is 13.8. The lowest BCUT2D eigenvalue weighted by Crippen LogP contribution is -2.15. The van der Waals surface area contributed by atoms with E-state index in [-0.39, 0.29) is 27.2 Å². The van der Waals surface area contributed by atoms with Crippen LogP contribution in [-0.4, -0.2) is 31.8 Å². The van der Waals surface area contributed by atoms with E-state index in [0.717, 1.165) is 29.5 Å². The quantitative estimate of drug-likeness (QED) is 0.303. The number of aromatic amines is 1. The molecule has 0 saturated carbocycles. The lowest BCUT2D eigenvalue weighted by Gasteiger charge is -2.08. The van der Waals surface area contributed by atoms with Crippen molar-refractivity contribution in [3.05, 3.63) is 61.6 Å². The third kappa shape index (κ3) is 4.93. The van der Waals surface area contributed by atoms with Crippen molar-refractivity contribution in [1.82, 2.24) is 15.2 Å². The van der Waals surface area contributed by atoms with Gasteiger partial charge in [0.25, 0.3) is 5.69 Å². The number of anilines is 1. The maximum Gasteiger partial charge on any atom is 0.272 e. The molecule has 3 aromatic rings. The van der Waals surface area contributed by atoms with E-state index in [9.17, 15) is 14.9 Å². The zero-order chi connectivity index (χ0) is 20.3. The summed E-state index contributed by atoms with van der Waals surface area (Å²) in [4.78, 5) is 26.6. The predicted octanol–water partition coefficient (Wildman–Crippen LogP) is 5.07. The Balaban J connectivity index is 1.62. The number of hydrogen-bond acceptors (Lipinski definition) is 6. The largest absolute Gasteiger partial charge is 0.323 e. The Labute approximate surface area is 177 Å². The molecule has 3 rings (SSSR count). The third-order valence-electron chi connectivity index (χ3n) is 3.42. The van der Waals surface area contributed by atoms with Gasteiger partial charge in [0.1, 0.15) is 0 Å². The molecule has 28 heavy (non-hydrogen) atoms. The first-order chi connectivity index (χ1) is 13.3. The minimum Gasteiger partial charge on any atom is -0.323 e. The molecule has 0 aliphatic heterocycles. The summed E-state index contributed by atoms with van der Waals surface area (Å²) < 4.78 is 0. The Morgan fingerprint density at radius 1 is 1.18 bits per heavy atom. The van der Waals surface area contributed by atoms with Crippen LogP contribution in [0.3, 0.4) is 0 Å². The van der Waals surface area contributed by atoms with Crippen molar-refractivity contribution in [2.24, 2.45) is 0 Å². The smallest absolute Gasteiger partial charge is 0.272 e. The average molecular weight is 459 g/mol. The Bertz CT molecular complexity index is 1020. The molecule has 0 aliphatic rings. The van der Waals surface area contributed by atoms with Crippen LogP contribution in [0.2, 0.25) is 15.1 Å². The number of carbonyl (C=O) groups is 1. The molecular formula is C16H10Cl3N5O3S. The number of nitro groups is 1. The third-order valence-corrected chi connectivity index (χ3v) is 5.11. The van der Waals surface area contributed by atoms with Crippen LogP contribution in [0.15, 0.2) is 41.6 Å². The fraction of sp³-hybridized carbons (Fsp3) is 0.0625. The minimum atomic E-state index is -0.624. The second kappa shape index (κ2) is 8.78. The van der Waals surface area contributed by atoms with Crippen molar-refractivity contribution in [3.8, 4) is 11.4 Å². The molecule has 0 unspecified atom stereocenters. The van der Waals surface area contributed by atoms with E-state index in [1.807, 2.05) is 0 Å². The first-order valence-corrected chi connectivity index (χ1v) is 9.70. The fourth-order valence-electron chi connectivity index (χ4n) is 2.14. The highest BCUT2D eigenvalue weighted by molar-refractivity contribution is 7.99. The molecule has 0 atom stereocenters. The van der Waals surface area contributed by atoms with E-state index < -0.39 is 10.8 Å². The molecule has 0 spiro atoms. The maximum atomic E-state index is 12.2. The van der Waals surface area contributed by atoms with Gasteiger partial charge in [0.15, 0.2) is 5.82 Å². The highest BCUT2D eigenvalue weighted by Gasteiger charge is 2.17. The normalized spacial score (nSPS) is 10.7. The Morgan fingerprint density at radius 3 is 2.43 bits per heavy atom. The van der Waals surface area contributed by atoms with Gasteiger partial charge in [-0.15, -0.1) is 5.10 Å². The van der Waals surface area contributed by atoms with Crippen molar-refractivity contribution in [1.29, 1.82) is 0 Å². The zero-order valence-corrected chi connectivity index (χ0v) is 16.9. The summed E-state index contributed by atoms with van der Waals surface area (Å²) >= 11 is 18.9. The van der Waals surface area contributed by atoms with Crippen LogP contribution >= 0.6 is 46.6 Å². The molecule has 0 aliphatic carbocycles. The summed E-state index contributed by atoms with van der Waals surface area (Å²) in [6, 6.07) is 9.29. The first kappa shape index (κ1) is 20.4. The summed E-state index contributed by atoms with van der Waals surface area (Å²) in [7, 11) is 0. The van der Waals surface area contributed by atoms with Gasteiger partial charge in [0, 0.05) is 22.7 Å². The predicted molar refractivity (Wildman–Crippen MR) is 109 cm³/mol. The number of carbonyl (C=O) groups excluding carboxylic acids is 1. The van der Waals surface area contributed by atoms with Crippen LogP contribution in [0.4, 0.5) is 11.4 Å². The fourth-order valence-corrected chi connectivity index (χ4v) is 3.43. The second-order valence-corrected chi connectivity index (χ2v) is 7.55. The molecule has 8 nitrogen and oxygen atoms in total. The summed E-state index contributed by atoms with van der Waals surface area (Å²) in [5.41, 5.74) is 0.645. The van der Waals surface area contributed by atoms with Crippen LogP contribution in [0.5, 0.6) is 0 Å². The van der Waals surface area contributed by atoms with Gasteiger partial charge in [-0.3, -0.25) is 20.0 Å². The van der Waals surface area contributed by atoms with E-state index in [2.05, 4.69) is 20.5 Å². The number of H-pyrrole nitrogens is 1. The van der Waals surface area contributed by atoms with Crippen LogP contribution in [0.1, 0.15) is 0 Å². The molecule has 0 bridgehead atoms. The molecule has 1 amide bonds. The molecule has 144 valence electrons. The van der Waals surface area contributed by atoms with Crippen molar-refractivity contribution in [3.63, 3.8) is 0 Å². The van der Waals surface area contributed by atoms with Crippen molar-refractivity contribution >= 4 is 63.8 Å². The van der Waals surface area contributed by atoms with E-state index in [1.165, 1.54) is 0 Å². The van der Waals surface area contributed by atoms with Crippen molar-refractivity contribution in [2.75, 3.05) is 11.1 Å². The molecule has 1 heterocycles. The number of benzene rings is 2. The molecule has 0 radical (unpaired) electrons. The van der Waals surface area contributed by atoms with E-state index >= 15 is 0 Å². The monoisotopic (exact) mass is 457 g/mol. The summed E-state index contributed by atoms with van der Waals surface area (Å²) in [6.07, 6.45) is 0.